The van der Waals surface area contributed by atoms with Crippen molar-refractivity contribution in [2.45, 2.75) is 18.4 Å². The quantitative estimate of drug-likeness (QED) is 0.792. The molecule has 2 aromatic rings. The molecular formula is C17H19NOS. The van der Waals surface area contributed by atoms with E-state index < -0.39 is 0 Å². The fourth-order valence-electron chi connectivity index (χ4n) is 2.10. The van der Waals surface area contributed by atoms with Crippen molar-refractivity contribution < 1.29 is 4.79 Å². The van der Waals surface area contributed by atoms with Crippen molar-refractivity contribution >= 4 is 17.7 Å². The van der Waals surface area contributed by atoms with Crippen LogP contribution in [0, 0.1) is 6.92 Å². The molecule has 0 fully saturated rings. The van der Waals surface area contributed by atoms with Crippen LogP contribution in [0.15, 0.2) is 53.4 Å². The minimum Gasteiger partial charge on any atom is -0.337 e. The van der Waals surface area contributed by atoms with Gasteiger partial charge in [0.25, 0.3) is 5.91 Å². The molecule has 0 aliphatic heterocycles. The molecule has 0 aliphatic carbocycles. The first kappa shape index (κ1) is 14.7. The number of aryl methyl sites for hydroxylation is 1. The van der Waals surface area contributed by atoms with Crippen molar-refractivity contribution in [3.8, 4) is 0 Å². The van der Waals surface area contributed by atoms with Crippen LogP contribution in [0.25, 0.3) is 0 Å². The van der Waals surface area contributed by atoms with Crippen LogP contribution in [-0.4, -0.2) is 24.1 Å². The van der Waals surface area contributed by atoms with Gasteiger partial charge in [-0.25, -0.2) is 0 Å². The van der Waals surface area contributed by atoms with Crippen LogP contribution >= 0.6 is 11.8 Å². The van der Waals surface area contributed by atoms with Crippen LogP contribution in [0.5, 0.6) is 0 Å². The lowest BCUT2D eigenvalue weighted by Gasteiger charge is -2.18. The van der Waals surface area contributed by atoms with Crippen LogP contribution in [0.3, 0.4) is 0 Å². The maximum absolute atomic E-state index is 12.4. The zero-order valence-corrected chi connectivity index (χ0v) is 12.9. The third-order valence-corrected chi connectivity index (χ3v) is 4.04. The van der Waals surface area contributed by atoms with E-state index in [0.717, 1.165) is 16.7 Å². The molecule has 0 atom stereocenters. The van der Waals surface area contributed by atoms with E-state index in [0.29, 0.717) is 6.54 Å². The maximum Gasteiger partial charge on any atom is 0.254 e. The molecule has 3 heteroatoms. The molecule has 2 rings (SSSR count). The van der Waals surface area contributed by atoms with Gasteiger partial charge in [-0.15, -0.1) is 11.8 Å². The number of nitrogens with zero attached hydrogens (tertiary/aromatic N) is 1. The van der Waals surface area contributed by atoms with Gasteiger partial charge >= 0.3 is 0 Å². The molecule has 2 nitrogen and oxygen atoms in total. The topological polar surface area (TPSA) is 20.3 Å². The molecule has 0 aromatic heterocycles. The number of amides is 1. The van der Waals surface area contributed by atoms with Gasteiger partial charge in [-0.3, -0.25) is 4.79 Å². The lowest BCUT2D eigenvalue weighted by Crippen LogP contribution is -2.26. The summed E-state index contributed by atoms with van der Waals surface area (Å²) in [6, 6.07) is 16.0. The van der Waals surface area contributed by atoms with Crippen molar-refractivity contribution in [2.75, 3.05) is 13.3 Å². The Hall–Kier alpha value is -1.74. The monoisotopic (exact) mass is 285 g/mol. The number of thioether (sulfide) groups is 1. The fraction of sp³-hybridized carbons (Fsp3) is 0.235. The van der Waals surface area contributed by atoms with Crippen LogP contribution in [0.2, 0.25) is 0 Å². The van der Waals surface area contributed by atoms with Gasteiger partial charge in [0.1, 0.15) is 0 Å². The molecule has 0 unspecified atom stereocenters. The van der Waals surface area contributed by atoms with Gasteiger partial charge in [-0.2, -0.15) is 0 Å². The maximum atomic E-state index is 12.4. The largest absolute Gasteiger partial charge is 0.337 e. The van der Waals surface area contributed by atoms with Gasteiger partial charge in [-0.1, -0.05) is 30.3 Å². The van der Waals surface area contributed by atoms with Crippen molar-refractivity contribution in [1.29, 1.82) is 0 Å². The first-order valence-electron chi connectivity index (χ1n) is 6.56. The Morgan fingerprint density at radius 2 is 1.75 bits per heavy atom. The van der Waals surface area contributed by atoms with E-state index >= 15 is 0 Å². The van der Waals surface area contributed by atoms with E-state index in [-0.39, 0.29) is 5.91 Å². The molecule has 1 amide bonds. The standard InChI is InChI=1S/C17H19NOS/c1-13-6-4-5-7-16(13)17(19)18(2)12-14-8-10-15(20-3)11-9-14/h4-11H,12H2,1-3H3. The van der Waals surface area contributed by atoms with E-state index in [1.54, 1.807) is 16.7 Å². The second-order valence-corrected chi connectivity index (χ2v) is 5.70. The number of hydrogen-bond acceptors (Lipinski definition) is 2. The zero-order valence-electron chi connectivity index (χ0n) is 12.1. The lowest BCUT2D eigenvalue weighted by molar-refractivity contribution is 0.0784. The van der Waals surface area contributed by atoms with Crippen LogP contribution < -0.4 is 0 Å². The third kappa shape index (κ3) is 3.42. The Morgan fingerprint density at radius 3 is 2.35 bits per heavy atom. The summed E-state index contributed by atoms with van der Waals surface area (Å²) < 4.78 is 0. The van der Waals surface area contributed by atoms with Gasteiger partial charge in [0.15, 0.2) is 0 Å². The molecule has 2 aromatic carbocycles. The Balaban J connectivity index is 2.09. The third-order valence-electron chi connectivity index (χ3n) is 3.30. The summed E-state index contributed by atoms with van der Waals surface area (Å²) in [7, 11) is 1.84. The minimum atomic E-state index is 0.0667. The summed E-state index contributed by atoms with van der Waals surface area (Å²) in [6.07, 6.45) is 2.06. The second kappa shape index (κ2) is 6.62. The molecule has 0 saturated carbocycles. The van der Waals surface area contributed by atoms with E-state index in [1.807, 2.05) is 38.2 Å². The van der Waals surface area contributed by atoms with Crippen molar-refractivity contribution in [1.82, 2.24) is 4.90 Å². The van der Waals surface area contributed by atoms with Gasteiger partial charge in [0.05, 0.1) is 0 Å². The van der Waals surface area contributed by atoms with Crippen molar-refractivity contribution in [2.24, 2.45) is 0 Å². The van der Waals surface area contributed by atoms with Crippen LogP contribution in [-0.2, 0) is 6.54 Å². The number of rotatable bonds is 4. The number of benzene rings is 2. The molecule has 0 radical (unpaired) electrons. The molecule has 20 heavy (non-hydrogen) atoms. The average Bonchev–Trinajstić information content (AvgIpc) is 2.48. The number of hydrogen-bond donors (Lipinski definition) is 0. The highest BCUT2D eigenvalue weighted by atomic mass is 32.2. The van der Waals surface area contributed by atoms with Crippen LogP contribution in [0.1, 0.15) is 21.5 Å². The minimum absolute atomic E-state index is 0.0667. The summed E-state index contributed by atoms with van der Waals surface area (Å²) in [5, 5.41) is 0. The SMILES string of the molecule is CSc1ccc(CN(C)C(=O)c2ccccc2C)cc1. The summed E-state index contributed by atoms with van der Waals surface area (Å²) in [4.78, 5) is 15.4. The Bertz CT molecular complexity index is 592. The first-order chi connectivity index (χ1) is 9.61. The average molecular weight is 285 g/mol. The van der Waals surface area contributed by atoms with Crippen LogP contribution in [0.4, 0.5) is 0 Å². The molecule has 0 bridgehead atoms. The molecule has 0 saturated heterocycles. The summed E-state index contributed by atoms with van der Waals surface area (Å²) in [5.74, 6) is 0.0667. The molecule has 0 N–H and O–H groups in total. The lowest BCUT2D eigenvalue weighted by atomic mass is 10.1. The Morgan fingerprint density at radius 1 is 1.10 bits per heavy atom. The van der Waals surface area contributed by atoms with Crippen molar-refractivity contribution in [3.05, 3.63) is 65.2 Å². The highest BCUT2D eigenvalue weighted by Crippen LogP contribution is 2.17. The van der Waals surface area contributed by atoms with E-state index in [4.69, 9.17) is 0 Å². The van der Waals surface area contributed by atoms with E-state index in [9.17, 15) is 4.79 Å². The van der Waals surface area contributed by atoms with E-state index in [1.165, 1.54) is 4.90 Å². The Labute approximate surface area is 124 Å². The van der Waals surface area contributed by atoms with Gasteiger partial charge in [0, 0.05) is 24.1 Å². The predicted molar refractivity (Wildman–Crippen MR) is 85.2 cm³/mol. The smallest absolute Gasteiger partial charge is 0.254 e. The number of carbonyl (C=O) groups is 1. The summed E-state index contributed by atoms with van der Waals surface area (Å²) >= 11 is 1.72. The van der Waals surface area contributed by atoms with Gasteiger partial charge < -0.3 is 4.90 Å². The Kier molecular flexibility index (Phi) is 4.85. The van der Waals surface area contributed by atoms with E-state index in [2.05, 4.69) is 30.5 Å². The highest BCUT2D eigenvalue weighted by Gasteiger charge is 2.13. The highest BCUT2D eigenvalue weighted by molar-refractivity contribution is 7.98. The molecule has 0 aliphatic rings. The molecule has 0 spiro atoms. The predicted octanol–water partition coefficient (Wildman–Crippen LogP) is 3.99. The molecular weight excluding hydrogens is 266 g/mol. The number of carbonyl (C=O) groups excluding carboxylic acids is 1. The molecule has 104 valence electrons. The van der Waals surface area contributed by atoms with Crippen molar-refractivity contribution in [3.63, 3.8) is 0 Å². The fourth-order valence-corrected chi connectivity index (χ4v) is 2.50. The van der Waals surface area contributed by atoms with Gasteiger partial charge in [0.2, 0.25) is 0 Å². The normalized spacial score (nSPS) is 10.3. The first-order valence-corrected chi connectivity index (χ1v) is 7.78. The second-order valence-electron chi connectivity index (χ2n) is 4.82. The van der Waals surface area contributed by atoms with Gasteiger partial charge in [-0.05, 0) is 42.5 Å². The zero-order chi connectivity index (χ0) is 14.5. The summed E-state index contributed by atoms with van der Waals surface area (Å²) in [5.41, 5.74) is 2.94. The summed E-state index contributed by atoms with van der Waals surface area (Å²) in [6.45, 7) is 2.59. The molecule has 0 heterocycles.